The Balaban J connectivity index is 4.34. The smallest absolute Gasteiger partial charge is 0.306 e. The van der Waals surface area contributed by atoms with Gasteiger partial charge in [-0.05, 0) is 25.2 Å². The van der Waals surface area contributed by atoms with Gasteiger partial charge in [-0.15, -0.1) is 0 Å². The van der Waals surface area contributed by atoms with Gasteiger partial charge in [0.15, 0.2) is 6.10 Å². The van der Waals surface area contributed by atoms with E-state index in [0.29, 0.717) is 19.3 Å². The van der Waals surface area contributed by atoms with Crippen LogP contribution in [0.25, 0.3) is 0 Å². The summed E-state index contributed by atoms with van der Waals surface area (Å²) in [6, 6.07) is 0. The van der Waals surface area contributed by atoms with Crippen molar-refractivity contribution in [2.75, 3.05) is 13.2 Å². The molecule has 308 valence electrons. The first kappa shape index (κ1) is 50.4. The average Bonchev–Trinajstić information content (AvgIpc) is 3.14. The molecule has 0 aromatic heterocycles. The molecule has 0 aliphatic rings. The molecule has 0 saturated carbocycles. The Morgan fingerprint density at radius 2 is 0.673 bits per heavy atom. The highest BCUT2D eigenvalue weighted by Gasteiger charge is 2.19. The lowest BCUT2D eigenvalue weighted by Gasteiger charge is -2.18. The zero-order valence-electron chi connectivity index (χ0n) is 35.3. The van der Waals surface area contributed by atoms with Crippen LogP contribution in [0.5, 0.6) is 0 Å². The standard InChI is InChI=1S/C46H88O6/c1-5-8-10-12-14-16-18-20-25-29-33-37-44(47)50-40-43(52-46(49)39-35-31-27-21-19-17-15-13-11-9-6-2)41-51-45(48)38-34-30-26-23-22-24-28-32-36-42(4)7-3/h42-43H,5-41H2,1-4H3/t42?,43-/m0/s1. The van der Waals surface area contributed by atoms with Crippen LogP contribution in [0.15, 0.2) is 0 Å². The molecule has 1 unspecified atom stereocenters. The lowest BCUT2D eigenvalue weighted by atomic mass is 9.99. The molecule has 0 aliphatic carbocycles. The minimum Gasteiger partial charge on any atom is -0.462 e. The predicted octanol–water partition coefficient (Wildman–Crippen LogP) is 14.3. The number of carbonyl (C=O) groups excluding carboxylic acids is 3. The Bertz CT molecular complexity index is 783. The van der Waals surface area contributed by atoms with Gasteiger partial charge in [0.1, 0.15) is 13.2 Å². The molecule has 2 atom stereocenters. The summed E-state index contributed by atoms with van der Waals surface area (Å²) in [7, 11) is 0. The molecule has 0 radical (unpaired) electrons. The van der Waals surface area contributed by atoms with Crippen LogP contribution in [-0.2, 0) is 28.6 Å². The monoisotopic (exact) mass is 737 g/mol. The Hall–Kier alpha value is -1.59. The minimum atomic E-state index is -0.759. The van der Waals surface area contributed by atoms with Crippen molar-refractivity contribution >= 4 is 17.9 Å². The van der Waals surface area contributed by atoms with Gasteiger partial charge in [0.05, 0.1) is 0 Å². The van der Waals surface area contributed by atoms with Crippen LogP contribution in [0.4, 0.5) is 0 Å². The van der Waals surface area contributed by atoms with Gasteiger partial charge in [-0.25, -0.2) is 0 Å². The quantitative estimate of drug-likeness (QED) is 0.0353. The third-order valence-electron chi connectivity index (χ3n) is 10.7. The first-order chi connectivity index (χ1) is 25.4. The number of carbonyl (C=O) groups is 3. The first-order valence-electron chi connectivity index (χ1n) is 22.9. The molecule has 0 spiro atoms. The normalized spacial score (nSPS) is 12.5. The van der Waals surface area contributed by atoms with Crippen molar-refractivity contribution in [3.05, 3.63) is 0 Å². The number of unbranched alkanes of at least 4 members (excludes halogenated alkanes) is 27. The van der Waals surface area contributed by atoms with Crippen molar-refractivity contribution in [2.24, 2.45) is 5.92 Å². The largest absolute Gasteiger partial charge is 0.462 e. The van der Waals surface area contributed by atoms with Crippen molar-refractivity contribution in [1.29, 1.82) is 0 Å². The third-order valence-corrected chi connectivity index (χ3v) is 10.7. The lowest BCUT2D eigenvalue weighted by molar-refractivity contribution is -0.167. The fraction of sp³-hybridized carbons (Fsp3) is 0.935. The molecule has 0 aromatic carbocycles. The van der Waals surface area contributed by atoms with Crippen LogP contribution >= 0.6 is 0 Å². The maximum atomic E-state index is 12.7. The zero-order valence-corrected chi connectivity index (χ0v) is 35.3. The van der Waals surface area contributed by atoms with E-state index >= 15 is 0 Å². The number of hydrogen-bond acceptors (Lipinski definition) is 6. The summed E-state index contributed by atoms with van der Waals surface area (Å²) in [5.41, 5.74) is 0. The Morgan fingerprint density at radius 3 is 1.00 bits per heavy atom. The third kappa shape index (κ3) is 38.1. The molecule has 0 rings (SSSR count). The molecule has 0 fully saturated rings. The van der Waals surface area contributed by atoms with Gasteiger partial charge in [-0.2, -0.15) is 0 Å². The van der Waals surface area contributed by atoms with Crippen LogP contribution in [0, 0.1) is 5.92 Å². The molecule has 6 heteroatoms. The number of rotatable bonds is 41. The molecule has 0 amide bonds. The molecule has 0 N–H and O–H groups in total. The van der Waals surface area contributed by atoms with Gasteiger partial charge in [-0.3, -0.25) is 14.4 Å². The van der Waals surface area contributed by atoms with E-state index in [1.165, 1.54) is 148 Å². The van der Waals surface area contributed by atoms with E-state index < -0.39 is 6.10 Å². The second-order valence-electron chi connectivity index (χ2n) is 15.9. The summed E-state index contributed by atoms with van der Waals surface area (Å²) in [6.07, 6.45) is 39.3. The van der Waals surface area contributed by atoms with Crippen LogP contribution in [0.1, 0.15) is 252 Å². The second kappa shape index (κ2) is 40.6. The second-order valence-corrected chi connectivity index (χ2v) is 15.9. The minimum absolute atomic E-state index is 0.0640. The molecular weight excluding hydrogens is 648 g/mol. The van der Waals surface area contributed by atoms with Crippen molar-refractivity contribution in [3.63, 3.8) is 0 Å². The summed E-state index contributed by atoms with van der Waals surface area (Å²) in [4.78, 5) is 37.7. The van der Waals surface area contributed by atoms with E-state index in [0.717, 1.165) is 63.7 Å². The maximum absolute atomic E-state index is 12.7. The topological polar surface area (TPSA) is 78.9 Å². The number of esters is 3. The Kier molecular flexibility index (Phi) is 39.4. The average molecular weight is 737 g/mol. The molecule has 0 aliphatic heterocycles. The fourth-order valence-electron chi connectivity index (χ4n) is 6.77. The van der Waals surface area contributed by atoms with Crippen LogP contribution in [-0.4, -0.2) is 37.2 Å². The van der Waals surface area contributed by atoms with E-state index in [1.54, 1.807) is 0 Å². The van der Waals surface area contributed by atoms with Gasteiger partial charge in [-0.1, -0.05) is 214 Å². The van der Waals surface area contributed by atoms with Gasteiger partial charge < -0.3 is 14.2 Å². The van der Waals surface area contributed by atoms with E-state index in [4.69, 9.17) is 14.2 Å². The Labute approximate surface area is 323 Å². The molecule has 6 nitrogen and oxygen atoms in total. The van der Waals surface area contributed by atoms with Crippen molar-refractivity contribution in [2.45, 2.75) is 259 Å². The molecule has 52 heavy (non-hydrogen) atoms. The van der Waals surface area contributed by atoms with E-state index in [2.05, 4.69) is 27.7 Å². The van der Waals surface area contributed by atoms with Crippen molar-refractivity contribution in [3.8, 4) is 0 Å². The van der Waals surface area contributed by atoms with Crippen molar-refractivity contribution < 1.29 is 28.6 Å². The van der Waals surface area contributed by atoms with E-state index in [1.807, 2.05) is 0 Å². The van der Waals surface area contributed by atoms with E-state index in [9.17, 15) is 14.4 Å². The summed E-state index contributed by atoms with van der Waals surface area (Å²) in [5.74, 6) is -0.00781. The maximum Gasteiger partial charge on any atom is 0.306 e. The predicted molar refractivity (Wildman–Crippen MR) is 220 cm³/mol. The van der Waals surface area contributed by atoms with Gasteiger partial charge in [0.25, 0.3) is 0 Å². The van der Waals surface area contributed by atoms with Crippen LogP contribution in [0.2, 0.25) is 0 Å². The van der Waals surface area contributed by atoms with Crippen molar-refractivity contribution in [1.82, 2.24) is 0 Å². The summed E-state index contributed by atoms with van der Waals surface area (Å²) in [5, 5.41) is 0. The highest BCUT2D eigenvalue weighted by molar-refractivity contribution is 5.71. The zero-order chi connectivity index (χ0) is 38.2. The first-order valence-corrected chi connectivity index (χ1v) is 22.9. The van der Waals surface area contributed by atoms with E-state index in [-0.39, 0.29) is 31.1 Å². The van der Waals surface area contributed by atoms with Gasteiger partial charge in [0, 0.05) is 19.3 Å². The summed E-state index contributed by atoms with van der Waals surface area (Å²) < 4.78 is 16.7. The van der Waals surface area contributed by atoms with Gasteiger partial charge in [0.2, 0.25) is 0 Å². The molecule has 0 aromatic rings. The highest BCUT2D eigenvalue weighted by Crippen LogP contribution is 2.17. The number of hydrogen-bond donors (Lipinski definition) is 0. The fourth-order valence-corrected chi connectivity index (χ4v) is 6.77. The van der Waals surface area contributed by atoms with Crippen LogP contribution < -0.4 is 0 Å². The molecular formula is C46H88O6. The number of ether oxygens (including phenoxy) is 3. The molecule has 0 bridgehead atoms. The highest BCUT2D eigenvalue weighted by atomic mass is 16.6. The summed E-state index contributed by atoms with van der Waals surface area (Å²) in [6.45, 7) is 8.99. The summed E-state index contributed by atoms with van der Waals surface area (Å²) >= 11 is 0. The van der Waals surface area contributed by atoms with Gasteiger partial charge >= 0.3 is 17.9 Å². The lowest BCUT2D eigenvalue weighted by Crippen LogP contribution is -2.30. The van der Waals surface area contributed by atoms with Crippen LogP contribution in [0.3, 0.4) is 0 Å². The Morgan fingerprint density at radius 1 is 0.385 bits per heavy atom. The molecule has 0 saturated heterocycles. The molecule has 0 heterocycles. The SMILES string of the molecule is CCCCCCCCCCCCCC(=O)OC[C@@H](COC(=O)CCCCCCCCCCC(C)CC)OC(=O)CCCCCCCCCCCCC.